The van der Waals surface area contributed by atoms with Crippen molar-refractivity contribution in [3.8, 4) is 11.5 Å². The van der Waals surface area contributed by atoms with E-state index in [0.717, 1.165) is 21.9 Å². The highest BCUT2D eigenvalue weighted by molar-refractivity contribution is 6.32. The molecule has 0 fully saturated rings. The maximum atomic E-state index is 12.9. The number of halogens is 1. The summed E-state index contributed by atoms with van der Waals surface area (Å²) in [6, 6.07) is 27.3. The lowest BCUT2D eigenvalue weighted by molar-refractivity contribution is 0.0950. The number of carbonyl (C=O) groups is 1. The van der Waals surface area contributed by atoms with E-state index in [-0.39, 0.29) is 5.91 Å². The van der Waals surface area contributed by atoms with Crippen molar-refractivity contribution in [2.75, 3.05) is 6.61 Å². The van der Waals surface area contributed by atoms with Gasteiger partial charge in [-0.05, 0) is 41.0 Å². The Hall–Kier alpha value is -3.50. The van der Waals surface area contributed by atoms with E-state index in [9.17, 15) is 4.79 Å². The van der Waals surface area contributed by atoms with E-state index in [1.807, 2.05) is 61.5 Å². The van der Waals surface area contributed by atoms with Crippen molar-refractivity contribution in [2.45, 2.75) is 20.1 Å². The maximum Gasteiger partial charge on any atom is 0.251 e. The van der Waals surface area contributed by atoms with Crippen molar-refractivity contribution >= 4 is 28.3 Å². The highest BCUT2D eigenvalue weighted by Gasteiger charge is 2.17. The summed E-state index contributed by atoms with van der Waals surface area (Å²) in [7, 11) is 0. The second-order valence-corrected chi connectivity index (χ2v) is 7.72. The fraction of sp³-hybridized carbons (Fsp3) is 0.148. The van der Waals surface area contributed by atoms with Gasteiger partial charge in [0.15, 0.2) is 11.5 Å². The molecule has 4 rings (SSSR count). The quantitative estimate of drug-likeness (QED) is 0.341. The predicted octanol–water partition coefficient (Wildman–Crippen LogP) is 6.40. The first-order valence-electron chi connectivity index (χ1n) is 10.5. The molecule has 32 heavy (non-hydrogen) atoms. The molecule has 4 aromatic carbocycles. The number of fused-ring (bicyclic) bond motifs is 1. The van der Waals surface area contributed by atoms with E-state index in [1.165, 1.54) is 0 Å². The summed E-state index contributed by atoms with van der Waals surface area (Å²) < 4.78 is 11.7. The first-order valence-corrected chi connectivity index (χ1v) is 10.9. The first kappa shape index (κ1) is 21.7. The van der Waals surface area contributed by atoms with Gasteiger partial charge in [-0.3, -0.25) is 4.79 Å². The molecular formula is C27H24ClNO3. The lowest BCUT2D eigenvalue weighted by Crippen LogP contribution is -2.23. The number of hydrogen-bond acceptors (Lipinski definition) is 3. The number of benzene rings is 4. The number of ether oxygens (including phenoxy) is 2. The highest BCUT2D eigenvalue weighted by atomic mass is 35.5. The van der Waals surface area contributed by atoms with E-state index in [2.05, 4.69) is 23.5 Å². The van der Waals surface area contributed by atoms with Crippen LogP contribution in [0.1, 0.15) is 28.4 Å². The van der Waals surface area contributed by atoms with E-state index in [1.54, 1.807) is 12.1 Å². The van der Waals surface area contributed by atoms with Crippen molar-refractivity contribution in [3.63, 3.8) is 0 Å². The summed E-state index contributed by atoms with van der Waals surface area (Å²) in [6.45, 7) is 3.07. The molecular weight excluding hydrogens is 422 g/mol. The van der Waals surface area contributed by atoms with Gasteiger partial charge in [-0.15, -0.1) is 0 Å². The van der Waals surface area contributed by atoms with Crippen LogP contribution in [0.15, 0.2) is 84.9 Å². The third-order valence-corrected chi connectivity index (χ3v) is 5.40. The molecule has 0 atom stereocenters. The summed E-state index contributed by atoms with van der Waals surface area (Å²) in [6.07, 6.45) is 0. The molecule has 0 radical (unpaired) electrons. The number of rotatable bonds is 8. The summed E-state index contributed by atoms with van der Waals surface area (Å²) in [5.74, 6) is 0.654. The Balaban J connectivity index is 1.54. The zero-order valence-corrected chi connectivity index (χ0v) is 18.6. The van der Waals surface area contributed by atoms with Crippen LogP contribution in [0.4, 0.5) is 0 Å². The summed E-state index contributed by atoms with van der Waals surface area (Å²) in [5.41, 5.74) is 2.48. The Bertz CT molecular complexity index is 1220. The minimum Gasteiger partial charge on any atom is -0.488 e. The fourth-order valence-corrected chi connectivity index (χ4v) is 3.82. The monoisotopic (exact) mass is 445 g/mol. The van der Waals surface area contributed by atoms with Gasteiger partial charge in [-0.25, -0.2) is 0 Å². The van der Waals surface area contributed by atoms with Crippen LogP contribution in [0, 0.1) is 0 Å². The predicted molar refractivity (Wildman–Crippen MR) is 129 cm³/mol. The average molecular weight is 446 g/mol. The molecule has 0 saturated carbocycles. The molecule has 4 aromatic rings. The van der Waals surface area contributed by atoms with Crippen LogP contribution in [0.3, 0.4) is 0 Å². The molecule has 0 heterocycles. The van der Waals surface area contributed by atoms with Crippen molar-refractivity contribution in [3.05, 3.63) is 107 Å². The summed E-state index contributed by atoms with van der Waals surface area (Å²) in [4.78, 5) is 12.9. The maximum absolute atomic E-state index is 12.9. The Morgan fingerprint density at radius 2 is 1.66 bits per heavy atom. The molecule has 0 bridgehead atoms. The van der Waals surface area contributed by atoms with Gasteiger partial charge in [0, 0.05) is 12.1 Å². The number of hydrogen-bond donors (Lipinski definition) is 1. The molecule has 0 aromatic heterocycles. The van der Waals surface area contributed by atoms with Gasteiger partial charge in [-0.1, -0.05) is 84.4 Å². The number of nitrogens with one attached hydrogen (secondary N) is 1. The molecule has 1 N–H and O–H groups in total. The average Bonchev–Trinajstić information content (AvgIpc) is 2.83. The third-order valence-electron chi connectivity index (χ3n) is 5.12. The third kappa shape index (κ3) is 5.04. The molecule has 0 aliphatic rings. The minimum atomic E-state index is -0.229. The van der Waals surface area contributed by atoms with Crippen molar-refractivity contribution < 1.29 is 14.3 Å². The second kappa shape index (κ2) is 10.2. The van der Waals surface area contributed by atoms with Gasteiger partial charge in [-0.2, -0.15) is 0 Å². The van der Waals surface area contributed by atoms with Gasteiger partial charge in [0.25, 0.3) is 5.91 Å². The second-order valence-electron chi connectivity index (χ2n) is 7.31. The van der Waals surface area contributed by atoms with Crippen LogP contribution in [0.2, 0.25) is 5.02 Å². The van der Waals surface area contributed by atoms with Crippen molar-refractivity contribution in [1.82, 2.24) is 5.32 Å². The van der Waals surface area contributed by atoms with E-state index in [4.69, 9.17) is 21.1 Å². The molecule has 0 unspecified atom stereocenters. The smallest absolute Gasteiger partial charge is 0.251 e. The van der Waals surface area contributed by atoms with Gasteiger partial charge < -0.3 is 14.8 Å². The van der Waals surface area contributed by atoms with Gasteiger partial charge >= 0.3 is 0 Å². The van der Waals surface area contributed by atoms with E-state index >= 15 is 0 Å². The van der Waals surface area contributed by atoms with Crippen LogP contribution >= 0.6 is 11.6 Å². The molecule has 4 nitrogen and oxygen atoms in total. The summed E-state index contributed by atoms with van der Waals surface area (Å²) in [5, 5.41) is 5.59. The van der Waals surface area contributed by atoms with E-state index in [0.29, 0.717) is 41.8 Å². The largest absolute Gasteiger partial charge is 0.488 e. The van der Waals surface area contributed by atoms with Gasteiger partial charge in [0.05, 0.1) is 11.6 Å². The zero-order chi connectivity index (χ0) is 22.3. The molecule has 162 valence electrons. The van der Waals surface area contributed by atoms with Crippen LogP contribution in [0.5, 0.6) is 11.5 Å². The molecule has 1 amide bonds. The fourth-order valence-electron chi connectivity index (χ4n) is 3.55. The first-order chi connectivity index (χ1) is 15.7. The van der Waals surface area contributed by atoms with Crippen molar-refractivity contribution in [1.29, 1.82) is 0 Å². The Kier molecular flexibility index (Phi) is 6.93. The summed E-state index contributed by atoms with van der Waals surface area (Å²) >= 11 is 6.45. The van der Waals surface area contributed by atoms with Gasteiger partial charge in [0.2, 0.25) is 0 Å². The van der Waals surface area contributed by atoms with Crippen molar-refractivity contribution in [2.24, 2.45) is 0 Å². The molecule has 0 spiro atoms. The van der Waals surface area contributed by atoms with Crippen LogP contribution < -0.4 is 14.8 Å². The lowest BCUT2D eigenvalue weighted by atomic mass is 10.0. The van der Waals surface area contributed by atoms with Crippen LogP contribution in [-0.2, 0) is 13.2 Å². The topological polar surface area (TPSA) is 47.6 Å². The lowest BCUT2D eigenvalue weighted by Gasteiger charge is -2.15. The zero-order valence-electron chi connectivity index (χ0n) is 17.8. The van der Waals surface area contributed by atoms with E-state index < -0.39 is 0 Å². The Morgan fingerprint density at radius 3 is 2.47 bits per heavy atom. The molecule has 0 aliphatic carbocycles. The van der Waals surface area contributed by atoms with Crippen LogP contribution in [0.25, 0.3) is 10.8 Å². The number of carbonyl (C=O) groups excluding carboxylic acids is 1. The molecule has 0 saturated heterocycles. The standard InChI is InChI=1S/C27H24ClNO3/c1-2-31-26-24(28)15-22(16-25(26)32-18-19-9-4-3-5-10-19)27(30)29-17-21-13-8-12-20-11-6-7-14-23(20)21/h3-16H,2,17-18H2,1H3,(H,29,30). The minimum absolute atomic E-state index is 0.229. The normalized spacial score (nSPS) is 10.7. The Labute approximate surface area is 192 Å². The Morgan fingerprint density at radius 1 is 0.906 bits per heavy atom. The molecule has 5 heteroatoms. The van der Waals surface area contributed by atoms with Crippen LogP contribution in [-0.4, -0.2) is 12.5 Å². The van der Waals surface area contributed by atoms with Gasteiger partial charge in [0.1, 0.15) is 6.61 Å². The SMILES string of the molecule is CCOc1c(Cl)cc(C(=O)NCc2cccc3ccccc23)cc1OCc1ccccc1. The molecule has 0 aliphatic heterocycles. The number of amides is 1. The highest BCUT2D eigenvalue weighted by Crippen LogP contribution is 2.37.